The van der Waals surface area contributed by atoms with Crippen molar-refractivity contribution >= 4 is 28.6 Å². The van der Waals surface area contributed by atoms with Crippen molar-refractivity contribution in [3.05, 3.63) is 30.1 Å². The molecule has 2 aromatic rings. The fourth-order valence-corrected chi connectivity index (χ4v) is 3.46. The third kappa shape index (κ3) is 3.76. The molecule has 0 saturated heterocycles. The first-order valence-corrected chi connectivity index (χ1v) is 8.87. The van der Waals surface area contributed by atoms with Gasteiger partial charge in [-0.1, -0.05) is 19.1 Å². The van der Waals surface area contributed by atoms with Crippen molar-refractivity contribution in [2.24, 2.45) is 5.92 Å². The third-order valence-corrected chi connectivity index (χ3v) is 4.95. The number of para-hydroxylation sites is 1. The smallest absolute Gasteiger partial charge is 0.332 e. The second kappa shape index (κ2) is 7.27. The van der Waals surface area contributed by atoms with Crippen molar-refractivity contribution in [3.63, 3.8) is 0 Å². The Balaban J connectivity index is 1.75. The molecule has 3 rings (SSSR count). The number of nitrogens with zero attached hydrogens (tertiary/aromatic N) is 2. The van der Waals surface area contributed by atoms with Crippen LogP contribution in [0.2, 0.25) is 0 Å². The summed E-state index contributed by atoms with van der Waals surface area (Å²) < 4.78 is 5.48. The second-order valence-electron chi connectivity index (χ2n) is 7.06. The molecule has 0 spiro atoms. The number of hydrogen-bond acceptors (Lipinski definition) is 6. The topological polar surface area (TPSA) is 107 Å². The highest BCUT2D eigenvalue weighted by Crippen LogP contribution is 2.33. The molecule has 1 saturated carbocycles. The van der Waals surface area contributed by atoms with E-state index in [0.29, 0.717) is 35.9 Å². The predicted molar refractivity (Wildman–Crippen MR) is 97.9 cm³/mol. The first-order chi connectivity index (χ1) is 12.4. The number of ether oxygens (including phenoxy) is 1. The van der Waals surface area contributed by atoms with E-state index in [2.05, 4.69) is 22.2 Å². The van der Waals surface area contributed by atoms with Gasteiger partial charge in [0, 0.05) is 12.3 Å². The molecule has 1 fully saturated rings. The number of anilines is 1. The van der Waals surface area contributed by atoms with E-state index in [9.17, 15) is 9.59 Å². The second-order valence-corrected chi connectivity index (χ2v) is 7.06. The minimum Gasteiger partial charge on any atom is -0.456 e. The number of nitrogens with one attached hydrogen (secondary N) is 1. The van der Waals surface area contributed by atoms with Gasteiger partial charge in [-0.25, -0.2) is 14.8 Å². The Kier molecular flexibility index (Phi) is 5.06. The van der Waals surface area contributed by atoms with Gasteiger partial charge in [-0.15, -0.1) is 0 Å². The van der Waals surface area contributed by atoms with Crippen molar-refractivity contribution < 1.29 is 14.3 Å². The van der Waals surface area contributed by atoms with Crippen molar-refractivity contribution in [1.82, 2.24) is 15.3 Å². The lowest BCUT2D eigenvalue weighted by Crippen LogP contribution is -2.56. The Morgan fingerprint density at radius 3 is 2.65 bits per heavy atom. The first kappa shape index (κ1) is 18.1. The van der Waals surface area contributed by atoms with E-state index in [-0.39, 0.29) is 12.5 Å². The standard InChI is InChI=1S/C19H24N4O3/c1-12-7-9-19(10-8-12,23-13(2)24)18(25)26-11-16-21-15-6-4-3-5-14(15)17(20)22-16/h3-6,12H,7-11H2,1-2H3,(H,23,24)(H2,20,21,22). The van der Waals surface area contributed by atoms with Crippen LogP contribution in [0, 0.1) is 5.92 Å². The maximum absolute atomic E-state index is 12.8. The van der Waals surface area contributed by atoms with E-state index < -0.39 is 11.5 Å². The molecule has 1 aromatic heterocycles. The van der Waals surface area contributed by atoms with Crippen LogP contribution < -0.4 is 11.1 Å². The lowest BCUT2D eigenvalue weighted by molar-refractivity contribution is -0.157. The van der Waals surface area contributed by atoms with E-state index in [0.717, 1.165) is 18.2 Å². The number of aromatic nitrogens is 2. The molecule has 26 heavy (non-hydrogen) atoms. The highest BCUT2D eigenvalue weighted by molar-refractivity contribution is 5.88. The van der Waals surface area contributed by atoms with Crippen LogP contribution in [0.25, 0.3) is 10.9 Å². The van der Waals surface area contributed by atoms with E-state index in [4.69, 9.17) is 10.5 Å². The normalized spacial score (nSPS) is 22.8. The average Bonchev–Trinajstić information content (AvgIpc) is 2.61. The predicted octanol–water partition coefficient (Wildman–Crippen LogP) is 2.34. The molecule has 0 radical (unpaired) electrons. The number of nitrogen functional groups attached to an aromatic ring is 1. The molecular formula is C19H24N4O3. The minimum atomic E-state index is -0.958. The monoisotopic (exact) mass is 356 g/mol. The number of esters is 1. The Hall–Kier alpha value is -2.70. The van der Waals surface area contributed by atoms with Gasteiger partial charge < -0.3 is 15.8 Å². The third-order valence-electron chi connectivity index (χ3n) is 4.95. The van der Waals surface area contributed by atoms with E-state index in [1.54, 1.807) is 0 Å². The summed E-state index contributed by atoms with van der Waals surface area (Å²) >= 11 is 0. The lowest BCUT2D eigenvalue weighted by Gasteiger charge is -2.37. The molecular weight excluding hydrogens is 332 g/mol. The van der Waals surface area contributed by atoms with Crippen LogP contribution in [0.4, 0.5) is 5.82 Å². The van der Waals surface area contributed by atoms with Gasteiger partial charge in [0.05, 0.1) is 5.52 Å². The molecule has 1 aliphatic carbocycles. The van der Waals surface area contributed by atoms with Crippen LogP contribution in [-0.2, 0) is 20.9 Å². The van der Waals surface area contributed by atoms with E-state index in [1.165, 1.54) is 6.92 Å². The summed E-state index contributed by atoms with van der Waals surface area (Å²) in [7, 11) is 0. The van der Waals surface area contributed by atoms with Gasteiger partial charge in [-0.2, -0.15) is 0 Å². The number of rotatable bonds is 4. The van der Waals surface area contributed by atoms with Crippen molar-refractivity contribution in [3.8, 4) is 0 Å². The number of hydrogen-bond donors (Lipinski definition) is 2. The Morgan fingerprint density at radius 2 is 1.96 bits per heavy atom. The van der Waals surface area contributed by atoms with Crippen LogP contribution in [0.3, 0.4) is 0 Å². The molecule has 7 nitrogen and oxygen atoms in total. The summed E-state index contributed by atoms with van der Waals surface area (Å²) in [6.45, 7) is 3.49. The summed E-state index contributed by atoms with van der Waals surface area (Å²) in [5.41, 5.74) is 5.71. The summed E-state index contributed by atoms with van der Waals surface area (Å²) in [6.07, 6.45) is 2.89. The average molecular weight is 356 g/mol. The van der Waals surface area contributed by atoms with Gasteiger partial charge in [-0.3, -0.25) is 4.79 Å². The van der Waals surface area contributed by atoms with Gasteiger partial charge in [0.2, 0.25) is 5.91 Å². The molecule has 3 N–H and O–H groups in total. The maximum Gasteiger partial charge on any atom is 0.332 e. The lowest BCUT2D eigenvalue weighted by atomic mass is 9.77. The van der Waals surface area contributed by atoms with Gasteiger partial charge in [0.25, 0.3) is 0 Å². The van der Waals surface area contributed by atoms with Crippen molar-refractivity contribution in [2.45, 2.75) is 51.7 Å². The molecule has 7 heteroatoms. The van der Waals surface area contributed by atoms with Crippen molar-refractivity contribution in [2.75, 3.05) is 5.73 Å². The molecule has 1 aliphatic rings. The summed E-state index contributed by atoms with van der Waals surface area (Å²) in [5.74, 6) is 0.562. The zero-order valence-corrected chi connectivity index (χ0v) is 15.1. The highest BCUT2D eigenvalue weighted by atomic mass is 16.5. The molecule has 0 unspecified atom stereocenters. The van der Waals surface area contributed by atoms with Crippen LogP contribution in [-0.4, -0.2) is 27.4 Å². The summed E-state index contributed by atoms with van der Waals surface area (Å²) in [4.78, 5) is 33.0. The van der Waals surface area contributed by atoms with Crippen molar-refractivity contribution in [1.29, 1.82) is 0 Å². The number of carbonyl (C=O) groups is 2. The van der Waals surface area contributed by atoms with Crippen LogP contribution in [0.15, 0.2) is 24.3 Å². The van der Waals surface area contributed by atoms with Gasteiger partial charge >= 0.3 is 5.97 Å². The number of amides is 1. The Morgan fingerprint density at radius 1 is 1.27 bits per heavy atom. The van der Waals surface area contributed by atoms with Crippen LogP contribution in [0.1, 0.15) is 45.4 Å². The number of nitrogens with two attached hydrogens (primary N) is 1. The molecule has 138 valence electrons. The number of fused-ring (bicyclic) bond motifs is 1. The number of carbonyl (C=O) groups excluding carboxylic acids is 2. The fourth-order valence-electron chi connectivity index (χ4n) is 3.46. The fraction of sp³-hybridized carbons (Fsp3) is 0.474. The zero-order valence-electron chi connectivity index (χ0n) is 15.1. The molecule has 1 aromatic carbocycles. The number of benzene rings is 1. The van der Waals surface area contributed by atoms with Gasteiger partial charge in [0.15, 0.2) is 12.4 Å². The molecule has 1 heterocycles. The Labute approximate surface area is 152 Å². The minimum absolute atomic E-state index is 0.0786. The zero-order chi connectivity index (χ0) is 18.7. The molecule has 0 atom stereocenters. The summed E-state index contributed by atoms with van der Waals surface area (Å²) in [5, 5.41) is 3.58. The van der Waals surface area contributed by atoms with Crippen LogP contribution in [0.5, 0.6) is 0 Å². The van der Waals surface area contributed by atoms with Crippen LogP contribution >= 0.6 is 0 Å². The van der Waals surface area contributed by atoms with E-state index >= 15 is 0 Å². The first-order valence-electron chi connectivity index (χ1n) is 8.87. The highest BCUT2D eigenvalue weighted by Gasteiger charge is 2.43. The maximum atomic E-state index is 12.8. The Bertz CT molecular complexity index is 829. The SMILES string of the molecule is CC(=O)NC1(C(=O)OCc2nc(N)c3ccccc3n2)CCC(C)CC1. The molecule has 0 bridgehead atoms. The van der Waals surface area contributed by atoms with Gasteiger partial charge in [0.1, 0.15) is 11.4 Å². The van der Waals surface area contributed by atoms with Gasteiger partial charge in [-0.05, 0) is 43.7 Å². The quantitative estimate of drug-likeness (QED) is 0.814. The molecule has 0 aliphatic heterocycles. The molecule has 1 amide bonds. The largest absolute Gasteiger partial charge is 0.456 e. The van der Waals surface area contributed by atoms with E-state index in [1.807, 2.05) is 24.3 Å². The summed E-state index contributed by atoms with van der Waals surface area (Å²) in [6, 6.07) is 7.40.